The van der Waals surface area contributed by atoms with E-state index >= 15 is 0 Å². The zero-order chi connectivity index (χ0) is 19.8. The summed E-state index contributed by atoms with van der Waals surface area (Å²) in [5.41, 5.74) is 3.64. The minimum atomic E-state index is -0.952. The van der Waals surface area contributed by atoms with Crippen LogP contribution in [0.2, 0.25) is 0 Å². The maximum Gasteiger partial charge on any atom is 0.336 e. The molecule has 2 rings (SSSR count). The Morgan fingerprint density at radius 1 is 1.07 bits per heavy atom. The normalized spacial score (nSPS) is 12.0. The molecule has 0 spiro atoms. The van der Waals surface area contributed by atoms with Gasteiger partial charge in [-0.15, -0.1) is 0 Å². The number of carboxylic acids is 1. The van der Waals surface area contributed by atoms with E-state index < -0.39 is 5.97 Å². The van der Waals surface area contributed by atoms with Crippen LogP contribution in [0.3, 0.4) is 0 Å². The zero-order valence-corrected chi connectivity index (χ0v) is 16.3. The summed E-state index contributed by atoms with van der Waals surface area (Å²) in [7, 11) is 3.18. The topological polar surface area (TPSA) is 55.8 Å². The third-order valence-electron chi connectivity index (χ3n) is 4.34. The predicted octanol–water partition coefficient (Wildman–Crippen LogP) is 5.36. The molecule has 4 heteroatoms. The summed E-state index contributed by atoms with van der Waals surface area (Å²) in [6.07, 6.45) is 5.61. The van der Waals surface area contributed by atoms with E-state index in [0.29, 0.717) is 17.1 Å². The van der Waals surface area contributed by atoms with Crippen molar-refractivity contribution in [1.82, 2.24) is 0 Å². The van der Waals surface area contributed by atoms with Gasteiger partial charge in [-0.2, -0.15) is 0 Å². The number of hydrogen-bond donors (Lipinski definition) is 1. The summed E-state index contributed by atoms with van der Waals surface area (Å²) in [5, 5.41) is 9.82. The van der Waals surface area contributed by atoms with E-state index in [1.54, 1.807) is 20.3 Å². The summed E-state index contributed by atoms with van der Waals surface area (Å²) in [4.78, 5) is 12.0. The number of ether oxygens (including phenoxy) is 2. The van der Waals surface area contributed by atoms with Crippen LogP contribution in [0.1, 0.15) is 36.5 Å². The van der Waals surface area contributed by atoms with E-state index in [-0.39, 0.29) is 5.57 Å². The zero-order valence-electron chi connectivity index (χ0n) is 16.3. The lowest BCUT2D eigenvalue weighted by Crippen LogP contribution is -2.02. The van der Waals surface area contributed by atoms with Crippen LogP contribution in [0.5, 0.6) is 11.5 Å². The van der Waals surface area contributed by atoms with E-state index in [1.165, 1.54) is 0 Å². The Morgan fingerprint density at radius 2 is 1.78 bits per heavy atom. The molecule has 0 saturated heterocycles. The van der Waals surface area contributed by atoms with Gasteiger partial charge >= 0.3 is 5.97 Å². The van der Waals surface area contributed by atoms with Crippen molar-refractivity contribution in [2.75, 3.05) is 14.2 Å². The molecule has 2 aromatic carbocycles. The molecule has 142 valence electrons. The number of aliphatic carboxylic acids is 1. The molecular formula is C23H26O4. The van der Waals surface area contributed by atoms with Crippen molar-refractivity contribution >= 4 is 17.1 Å². The molecule has 0 aromatic heterocycles. The minimum absolute atomic E-state index is 0.269. The van der Waals surface area contributed by atoms with Crippen molar-refractivity contribution in [3.8, 4) is 11.5 Å². The maximum atomic E-state index is 12.0. The molecule has 0 aliphatic heterocycles. The van der Waals surface area contributed by atoms with E-state index in [4.69, 9.17) is 9.47 Å². The van der Waals surface area contributed by atoms with Crippen LogP contribution < -0.4 is 9.47 Å². The summed E-state index contributed by atoms with van der Waals surface area (Å²) < 4.78 is 10.7. The van der Waals surface area contributed by atoms with Gasteiger partial charge in [0.1, 0.15) is 0 Å². The highest BCUT2D eigenvalue weighted by Crippen LogP contribution is 2.32. The van der Waals surface area contributed by atoms with Gasteiger partial charge in [0.15, 0.2) is 11.5 Å². The van der Waals surface area contributed by atoms with Gasteiger partial charge in [0, 0.05) is 0 Å². The van der Waals surface area contributed by atoms with Crippen molar-refractivity contribution in [1.29, 1.82) is 0 Å². The van der Waals surface area contributed by atoms with E-state index in [2.05, 4.69) is 13.0 Å². The van der Waals surface area contributed by atoms with Crippen molar-refractivity contribution in [3.63, 3.8) is 0 Å². The maximum absolute atomic E-state index is 12.0. The van der Waals surface area contributed by atoms with Crippen LogP contribution in [-0.4, -0.2) is 25.3 Å². The number of rotatable bonds is 8. The molecule has 0 heterocycles. The van der Waals surface area contributed by atoms with Crippen molar-refractivity contribution < 1.29 is 19.4 Å². The van der Waals surface area contributed by atoms with Crippen LogP contribution in [0.15, 0.2) is 54.6 Å². The molecule has 0 amide bonds. The molecule has 0 aliphatic carbocycles. The van der Waals surface area contributed by atoms with Gasteiger partial charge in [-0.1, -0.05) is 49.8 Å². The summed E-state index contributed by atoms with van der Waals surface area (Å²) in [6.45, 7) is 4.00. The molecular weight excluding hydrogens is 340 g/mol. The Labute approximate surface area is 160 Å². The SMILES string of the molecule is CCCC=C(C=C(C(=O)O)c1ccccc1C)c1ccc(OC)c(OC)c1. The van der Waals surface area contributed by atoms with E-state index in [9.17, 15) is 9.90 Å². The summed E-state index contributed by atoms with van der Waals surface area (Å²) in [5.74, 6) is 0.295. The Bertz CT molecular complexity index is 862. The number of benzene rings is 2. The molecule has 2 aromatic rings. The van der Waals surface area contributed by atoms with Crippen LogP contribution in [0.25, 0.3) is 11.1 Å². The molecule has 0 unspecified atom stereocenters. The van der Waals surface area contributed by atoms with Gasteiger partial charge in [-0.05, 0) is 53.8 Å². The van der Waals surface area contributed by atoms with Crippen LogP contribution >= 0.6 is 0 Å². The number of carboxylic acid groups (broad SMARTS) is 1. The molecule has 0 atom stereocenters. The van der Waals surface area contributed by atoms with Gasteiger partial charge in [0.2, 0.25) is 0 Å². The van der Waals surface area contributed by atoms with Crippen LogP contribution in [0.4, 0.5) is 0 Å². The van der Waals surface area contributed by atoms with Gasteiger partial charge in [0.25, 0.3) is 0 Å². The second-order valence-corrected chi connectivity index (χ2v) is 6.20. The van der Waals surface area contributed by atoms with Crippen LogP contribution in [-0.2, 0) is 4.79 Å². The largest absolute Gasteiger partial charge is 0.493 e. The number of aryl methyl sites for hydroxylation is 1. The third kappa shape index (κ3) is 5.00. The fraction of sp³-hybridized carbons (Fsp3) is 0.261. The number of hydrogen-bond acceptors (Lipinski definition) is 3. The van der Waals surface area contributed by atoms with E-state index in [1.807, 2.05) is 49.4 Å². The Hall–Kier alpha value is -3.01. The Balaban J connectivity index is 2.60. The van der Waals surface area contributed by atoms with Gasteiger partial charge in [0.05, 0.1) is 19.8 Å². The molecule has 1 N–H and O–H groups in total. The highest BCUT2D eigenvalue weighted by molar-refractivity contribution is 6.18. The number of methoxy groups -OCH3 is 2. The third-order valence-corrected chi connectivity index (χ3v) is 4.34. The lowest BCUT2D eigenvalue weighted by Gasteiger charge is -2.12. The quantitative estimate of drug-likeness (QED) is 0.504. The predicted molar refractivity (Wildman–Crippen MR) is 109 cm³/mol. The fourth-order valence-electron chi connectivity index (χ4n) is 2.86. The molecule has 0 radical (unpaired) electrons. The molecule has 27 heavy (non-hydrogen) atoms. The Morgan fingerprint density at radius 3 is 2.37 bits per heavy atom. The highest BCUT2D eigenvalue weighted by atomic mass is 16.5. The molecule has 0 saturated carbocycles. The first kappa shape index (κ1) is 20.3. The number of allylic oxidation sites excluding steroid dienone is 3. The van der Waals surface area contributed by atoms with E-state index in [0.717, 1.165) is 29.5 Å². The summed E-state index contributed by atoms with van der Waals surface area (Å²) in [6, 6.07) is 13.1. The van der Waals surface area contributed by atoms with Gasteiger partial charge in [-0.25, -0.2) is 4.79 Å². The minimum Gasteiger partial charge on any atom is -0.493 e. The van der Waals surface area contributed by atoms with Crippen LogP contribution in [0, 0.1) is 6.92 Å². The first-order valence-corrected chi connectivity index (χ1v) is 8.95. The monoisotopic (exact) mass is 366 g/mol. The van der Waals surface area contributed by atoms with Gasteiger partial charge in [-0.3, -0.25) is 0 Å². The molecule has 0 bridgehead atoms. The average Bonchev–Trinajstić information content (AvgIpc) is 2.68. The first-order chi connectivity index (χ1) is 13.0. The molecule has 4 nitrogen and oxygen atoms in total. The smallest absolute Gasteiger partial charge is 0.336 e. The standard InChI is InChI=1S/C23H26O4/c1-5-6-10-17(18-12-13-21(26-3)22(15-18)27-4)14-20(23(24)25)19-11-8-7-9-16(19)2/h7-15H,5-6H2,1-4H3,(H,24,25). The average molecular weight is 366 g/mol. The lowest BCUT2D eigenvalue weighted by molar-refractivity contribution is -0.130. The second-order valence-electron chi connectivity index (χ2n) is 6.20. The first-order valence-electron chi connectivity index (χ1n) is 8.95. The van der Waals surface area contributed by atoms with Crippen molar-refractivity contribution in [2.24, 2.45) is 0 Å². The number of unbranched alkanes of at least 4 members (excludes halogenated alkanes) is 1. The summed E-state index contributed by atoms with van der Waals surface area (Å²) >= 11 is 0. The highest BCUT2D eigenvalue weighted by Gasteiger charge is 2.15. The van der Waals surface area contributed by atoms with Gasteiger partial charge < -0.3 is 14.6 Å². The molecule has 0 fully saturated rings. The molecule has 0 aliphatic rings. The second kappa shape index (κ2) is 9.62. The van der Waals surface area contributed by atoms with Crippen molar-refractivity contribution in [3.05, 3.63) is 71.3 Å². The lowest BCUT2D eigenvalue weighted by atomic mass is 9.95. The Kier molecular flexibility index (Phi) is 7.24. The van der Waals surface area contributed by atoms with Crippen molar-refractivity contribution in [2.45, 2.75) is 26.7 Å². The number of carbonyl (C=O) groups is 1. The fourth-order valence-corrected chi connectivity index (χ4v) is 2.86.